The number of amides is 1. The zero-order valence-electron chi connectivity index (χ0n) is 8.52. The lowest BCUT2D eigenvalue weighted by molar-refractivity contribution is -0.119. The van der Waals surface area contributed by atoms with E-state index in [9.17, 15) is 4.79 Å². The van der Waals surface area contributed by atoms with Gasteiger partial charge in [0.15, 0.2) is 0 Å². The van der Waals surface area contributed by atoms with Gasteiger partial charge in [-0.25, -0.2) is 0 Å². The maximum absolute atomic E-state index is 10.8. The van der Waals surface area contributed by atoms with Gasteiger partial charge in [-0.1, -0.05) is 33.1 Å². The zero-order chi connectivity index (χ0) is 9.40. The lowest BCUT2D eigenvalue weighted by Crippen LogP contribution is -2.32. The monoisotopic (exact) mass is 171 g/mol. The fourth-order valence-electron chi connectivity index (χ4n) is 1.38. The van der Waals surface area contributed by atoms with E-state index in [4.69, 9.17) is 0 Å². The summed E-state index contributed by atoms with van der Waals surface area (Å²) < 4.78 is 0. The Bertz CT molecular complexity index is 123. The van der Waals surface area contributed by atoms with Crippen LogP contribution in [-0.2, 0) is 4.79 Å². The van der Waals surface area contributed by atoms with Crippen LogP contribution in [0.3, 0.4) is 0 Å². The van der Waals surface area contributed by atoms with Crippen LogP contribution in [0.5, 0.6) is 0 Å². The number of rotatable bonds is 6. The number of hydrogen-bond acceptors (Lipinski definition) is 1. The Hall–Kier alpha value is -0.530. The smallest absolute Gasteiger partial charge is 0.217 e. The minimum Gasteiger partial charge on any atom is -0.354 e. The van der Waals surface area contributed by atoms with Crippen LogP contribution in [0.15, 0.2) is 0 Å². The SMILES string of the molecule is CCCCC(CCC)NC(C)=O. The Kier molecular flexibility index (Phi) is 6.82. The summed E-state index contributed by atoms with van der Waals surface area (Å²) in [7, 11) is 0. The van der Waals surface area contributed by atoms with Crippen molar-refractivity contribution in [3.8, 4) is 0 Å². The maximum atomic E-state index is 10.8. The van der Waals surface area contributed by atoms with E-state index in [0.717, 1.165) is 19.3 Å². The molecule has 0 saturated carbocycles. The quantitative estimate of drug-likeness (QED) is 0.653. The van der Waals surface area contributed by atoms with Gasteiger partial charge in [0.05, 0.1) is 0 Å². The number of nitrogens with one attached hydrogen (secondary N) is 1. The second-order valence-electron chi connectivity index (χ2n) is 3.33. The first-order chi connectivity index (χ1) is 5.70. The first-order valence-electron chi connectivity index (χ1n) is 4.97. The molecule has 0 aliphatic carbocycles. The van der Waals surface area contributed by atoms with E-state index >= 15 is 0 Å². The summed E-state index contributed by atoms with van der Waals surface area (Å²) in [6.45, 7) is 5.92. The molecule has 1 N–H and O–H groups in total. The van der Waals surface area contributed by atoms with Crippen LogP contribution in [-0.4, -0.2) is 11.9 Å². The summed E-state index contributed by atoms with van der Waals surface area (Å²) in [6.07, 6.45) is 5.81. The molecule has 0 aromatic rings. The van der Waals surface area contributed by atoms with Crippen LogP contribution in [0.1, 0.15) is 52.9 Å². The molecule has 0 radical (unpaired) electrons. The number of hydrogen-bond donors (Lipinski definition) is 1. The van der Waals surface area contributed by atoms with Crippen molar-refractivity contribution in [1.82, 2.24) is 5.32 Å². The molecule has 2 nitrogen and oxygen atoms in total. The van der Waals surface area contributed by atoms with E-state index in [2.05, 4.69) is 19.2 Å². The molecule has 1 amide bonds. The Morgan fingerprint density at radius 1 is 1.25 bits per heavy atom. The molecule has 2 heteroatoms. The predicted octanol–water partition coefficient (Wildman–Crippen LogP) is 2.48. The van der Waals surface area contributed by atoms with Crippen molar-refractivity contribution < 1.29 is 4.79 Å². The molecule has 0 aliphatic heterocycles. The van der Waals surface area contributed by atoms with Crippen molar-refractivity contribution in [2.24, 2.45) is 0 Å². The molecule has 72 valence electrons. The minimum atomic E-state index is 0.101. The summed E-state index contributed by atoms with van der Waals surface area (Å²) in [6, 6.07) is 0.410. The third-order valence-electron chi connectivity index (χ3n) is 1.95. The fraction of sp³-hybridized carbons (Fsp3) is 0.900. The molecule has 0 saturated heterocycles. The molecule has 0 spiro atoms. The van der Waals surface area contributed by atoms with E-state index in [1.807, 2.05) is 0 Å². The highest BCUT2D eigenvalue weighted by molar-refractivity contribution is 5.73. The molecular formula is C10H21NO. The lowest BCUT2D eigenvalue weighted by Gasteiger charge is -2.16. The topological polar surface area (TPSA) is 29.1 Å². The summed E-state index contributed by atoms with van der Waals surface area (Å²) in [5, 5.41) is 2.98. The van der Waals surface area contributed by atoms with E-state index in [-0.39, 0.29) is 5.91 Å². The third-order valence-corrected chi connectivity index (χ3v) is 1.95. The molecule has 0 heterocycles. The van der Waals surface area contributed by atoms with Gasteiger partial charge in [-0.2, -0.15) is 0 Å². The molecule has 12 heavy (non-hydrogen) atoms. The molecule has 0 fully saturated rings. The molecule has 0 aliphatic rings. The van der Waals surface area contributed by atoms with Crippen molar-refractivity contribution in [2.75, 3.05) is 0 Å². The van der Waals surface area contributed by atoms with Crippen LogP contribution >= 0.6 is 0 Å². The van der Waals surface area contributed by atoms with Crippen LogP contribution in [0.2, 0.25) is 0 Å². The van der Waals surface area contributed by atoms with Crippen LogP contribution < -0.4 is 5.32 Å². The molecule has 0 aromatic carbocycles. The van der Waals surface area contributed by atoms with Gasteiger partial charge in [0.2, 0.25) is 5.91 Å². The first-order valence-corrected chi connectivity index (χ1v) is 4.97. The largest absolute Gasteiger partial charge is 0.354 e. The van der Waals surface area contributed by atoms with Crippen molar-refractivity contribution >= 4 is 5.91 Å². The van der Waals surface area contributed by atoms with Crippen LogP contribution in [0.25, 0.3) is 0 Å². The van der Waals surface area contributed by atoms with E-state index in [1.54, 1.807) is 6.92 Å². The fourth-order valence-corrected chi connectivity index (χ4v) is 1.38. The molecule has 1 unspecified atom stereocenters. The standard InChI is InChI=1S/C10H21NO/c1-4-6-8-10(7-5-2)11-9(3)12/h10H,4-8H2,1-3H3,(H,11,12). The Morgan fingerprint density at radius 3 is 2.33 bits per heavy atom. The second kappa shape index (κ2) is 7.14. The Morgan fingerprint density at radius 2 is 1.92 bits per heavy atom. The first kappa shape index (κ1) is 11.5. The van der Waals surface area contributed by atoms with Gasteiger partial charge in [-0.05, 0) is 12.8 Å². The third kappa shape index (κ3) is 6.20. The van der Waals surface area contributed by atoms with E-state index in [0.29, 0.717) is 6.04 Å². The molecule has 0 bridgehead atoms. The van der Waals surface area contributed by atoms with Crippen LogP contribution in [0.4, 0.5) is 0 Å². The normalized spacial score (nSPS) is 12.6. The second-order valence-corrected chi connectivity index (χ2v) is 3.33. The Labute approximate surface area is 75.7 Å². The van der Waals surface area contributed by atoms with Gasteiger partial charge in [-0.3, -0.25) is 4.79 Å². The number of carbonyl (C=O) groups excluding carboxylic acids is 1. The van der Waals surface area contributed by atoms with Crippen LogP contribution in [0, 0.1) is 0 Å². The summed E-state index contributed by atoms with van der Waals surface area (Å²) >= 11 is 0. The lowest BCUT2D eigenvalue weighted by atomic mass is 10.1. The van der Waals surface area contributed by atoms with E-state index < -0.39 is 0 Å². The zero-order valence-corrected chi connectivity index (χ0v) is 8.52. The molecule has 0 aromatic heterocycles. The van der Waals surface area contributed by atoms with Crippen molar-refractivity contribution in [3.05, 3.63) is 0 Å². The van der Waals surface area contributed by atoms with E-state index in [1.165, 1.54) is 12.8 Å². The highest BCUT2D eigenvalue weighted by atomic mass is 16.1. The summed E-state index contributed by atoms with van der Waals surface area (Å²) in [5.74, 6) is 0.101. The minimum absolute atomic E-state index is 0.101. The number of carbonyl (C=O) groups is 1. The van der Waals surface area contributed by atoms with Gasteiger partial charge in [-0.15, -0.1) is 0 Å². The average molecular weight is 171 g/mol. The highest BCUT2D eigenvalue weighted by Crippen LogP contribution is 2.06. The summed E-state index contributed by atoms with van der Waals surface area (Å²) in [5.41, 5.74) is 0. The number of unbranched alkanes of at least 4 members (excludes halogenated alkanes) is 1. The van der Waals surface area contributed by atoms with Gasteiger partial charge in [0.25, 0.3) is 0 Å². The molecule has 1 atom stereocenters. The van der Waals surface area contributed by atoms with Crippen molar-refractivity contribution in [1.29, 1.82) is 0 Å². The maximum Gasteiger partial charge on any atom is 0.217 e. The Balaban J connectivity index is 3.61. The summed E-state index contributed by atoms with van der Waals surface area (Å²) in [4.78, 5) is 10.8. The van der Waals surface area contributed by atoms with Gasteiger partial charge < -0.3 is 5.32 Å². The average Bonchev–Trinajstić information content (AvgIpc) is 2.00. The molecule has 0 rings (SSSR count). The van der Waals surface area contributed by atoms with Crippen molar-refractivity contribution in [2.45, 2.75) is 58.9 Å². The highest BCUT2D eigenvalue weighted by Gasteiger charge is 2.06. The predicted molar refractivity (Wildman–Crippen MR) is 52.0 cm³/mol. The van der Waals surface area contributed by atoms with Gasteiger partial charge in [0.1, 0.15) is 0 Å². The molecular weight excluding hydrogens is 150 g/mol. The van der Waals surface area contributed by atoms with Gasteiger partial charge >= 0.3 is 0 Å². The van der Waals surface area contributed by atoms with Gasteiger partial charge in [0, 0.05) is 13.0 Å². The van der Waals surface area contributed by atoms with Crippen molar-refractivity contribution in [3.63, 3.8) is 0 Å².